The molecule has 0 aromatic heterocycles. The monoisotopic (exact) mass is 655 g/mol. The molecule has 1 unspecified atom stereocenters. The summed E-state index contributed by atoms with van der Waals surface area (Å²) in [6.07, 6.45) is 24.3. The Morgan fingerprint density at radius 3 is 1.20 bits per heavy atom. The summed E-state index contributed by atoms with van der Waals surface area (Å²) in [6, 6.07) is 0. The second-order valence-corrected chi connectivity index (χ2v) is 13.3. The maximum atomic E-state index is 12.3. The second-order valence-electron chi connectivity index (χ2n) is 11.8. The van der Waals surface area contributed by atoms with Gasteiger partial charge in [0.25, 0.3) is 10.1 Å². The third kappa shape index (κ3) is 25.4. The van der Waals surface area contributed by atoms with E-state index in [-0.39, 0.29) is 48.9 Å². The number of nitrogens with zero attached hydrogens (tertiary/aromatic N) is 1. The quantitative estimate of drug-likeness (QED) is 0.0341. The molecule has 0 aliphatic rings. The topological polar surface area (TPSA) is 161 Å². The molecule has 1 atom stereocenters. The first-order valence-corrected chi connectivity index (χ1v) is 18.4. The van der Waals surface area contributed by atoms with Gasteiger partial charge in [0.2, 0.25) is 0 Å². The van der Waals surface area contributed by atoms with Gasteiger partial charge in [0.1, 0.15) is 0 Å². The third-order valence-corrected chi connectivity index (χ3v) is 9.34. The van der Waals surface area contributed by atoms with Gasteiger partial charge < -0.3 is 15.0 Å². The number of aliphatic carboxylic acids is 2. The van der Waals surface area contributed by atoms with Gasteiger partial charge in [-0.2, -0.15) is 13.3 Å². The Bertz CT molecular complexity index is 791. The van der Waals surface area contributed by atoms with E-state index in [1.54, 1.807) is 0 Å². The van der Waals surface area contributed by atoms with Crippen LogP contribution in [0.4, 0.5) is 0 Å². The van der Waals surface area contributed by atoms with E-state index in [2.05, 4.69) is 25.6 Å². The molecular formula is C33H62NNaO8S. The van der Waals surface area contributed by atoms with Crippen LogP contribution in [0.5, 0.6) is 0 Å². The summed E-state index contributed by atoms with van der Waals surface area (Å²) in [5.74, 6) is -3.52. The number of carboxylic acids is 2. The van der Waals surface area contributed by atoms with Crippen molar-refractivity contribution in [1.82, 2.24) is 0 Å². The zero-order valence-corrected chi connectivity index (χ0v) is 31.1. The number of nitroso groups, excluding NO2 is 1. The summed E-state index contributed by atoms with van der Waals surface area (Å²) < 4.78 is 33.7. The molecule has 0 radical (unpaired) electrons. The fourth-order valence-corrected chi connectivity index (χ4v) is 6.77. The molecule has 44 heavy (non-hydrogen) atoms. The Morgan fingerprint density at radius 2 is 1.02 bits per heavy atom. The fourth-order valence-electron chi connectivity index (χ4n) is 5.61. The van der Waals surface area contributed by atoms with Crippen LogP contribution in [-0.4, -0.2) is 41.8 Å². The molecule has 0 heterocycles. The molecule has 254 valence electrons. The summed E-state index contributed by atoms with van der Waals surface area (Å²) in [5, 5.41) is 22.0. The summed E-state index contributed by atoms with van der Waals surface area (Å²) in [6.45, 7) is 7.87. The summed E-state index contributed by atoms with van der Waals surface area (Å²) >= 11 is 0. The Hall–Kier alpha value is -0.810. The molecule has 0 aliphatic heterocycles. The van der Waals surface area contributed by atoms with Gasteiger partial charge in [0.15, 0.2) is 5.25 Å². The van der Waals surface area contributed by atoms with Gasteiger partial charge >= 0.3 is 35.5 Å². The maximum Gasteiger partial charge on any atom is 1.00 e. The maximum absolute atomic E-state index is 12.3. The van der Waals surface area contributed by atoms with Crippen molar-refractivity contribution in [2.45, 2.75) is 173 Å². The molecule has 0 spiro atoms. The van der Waals surface area contributed by atoms with Crippen LogP contribution in [0.2, 0.25) is 0 Å². The van der Waals surface area contributed by atoms with Crippen LogP contribution in [0, 0.1) is 10.3 Å². The van der Waals surface area contributed by atoms with Crippen molar-refractivity contribution in [3.8, 4) is 0 Å². The molecule has 0 saturated carbocycles. The van der Waals surface area contributed by atoms with Gasteiger partial charge in [0, 0.05) is 11.4 Å². The van der Waals surface area contributed by atoms with Crippen molar-refractivity contribution in [1.29, 1.82) is 0 Å². The molecule has 2 N–H and O–H groups in total. The number of carboxylic acid groups (broad SMARTS) is 2. The van der Waals surface area contributed by atoms with Gasteiger partial charge in [0.05, 0.1) is 6.54 Å². The average Bonchev–Trinajstić information content (AvgIpc) is 2.94. The van der Waals surface area contributed by atoms with E-state index in [9.17, 15) is 32.8 Å². The van der Waals surface area contributed by atoms with E-state index in [1.165, 1.54) is 83.1 Å². The standard InChI is InChI=1S/C30H58O7S.C3H5NO.Na/c1-3-5-7-9-11-13-15-17-19-21-23-25-30(29(33)34,27(28(31)32)38(35,36)37)26-24-22-20-18-16-14-12-10-8-6-4-2;1-2-3-4-5;/h27H,3-26H2,1-2H3,(H,31,32)(H,33,34)(H,35,36,37);2H,1,3H2;/q;;+1/p-1. The first-order chi connectivity index (χ1) is 20.5. The van der Waals surface area contributed by atoms with E-state index < -0.39 is 32.7 Å². The van der Waals surface area contributed by atoms with Crippen LogP contribution in [0.1, 0.15) is 168 Å². The molecular weight excluding hydrogens is 593 g/mol. The molecule has 0 bridgehead atoms. The number of hydrogen-bond acceptors (Lipinski definition) is 7. The van der Waals surface area contributed by atoms with Crippen LogP contribution in [-0.2, 0) is 19.7 Å². The van der Waals surface area contributed by atoms with Crippen molar-refractivity contribution < 1.29 is 62.3 Å². The third-order valence-electron chi connectivity index (χ3n) is 8.09. The van der Waals surface area contributed by atoms with Crippen molar-refractivity contribution in [2.75, 3.05) is 6.54 Å². The molecule has 0 aromatic rings. The molecule has 11 heteroatoms. The zero-order valence-electron chi connectivity index (χ0n) is 28.2. The number of unbranched alkanes of at least 4 members (excludes halogenated alkanes) is 20. The number of carbonyl (C=O) groups is 2. The molecule has 0 rings (SSSR count). The molecule has 9 nitrogen and oxygen atoms in total. The largest absolute Gasteiger partial charge is 1.00 e. The molecule has 0 aliphatic carbocycles. The Balaban J connectivity index is -0.00000257. The summed E-state index contributed by atoms with van der Waals surface area (Å²) in [5.41, 5.74) is -2.13. The summed E-state index contributed by atoms with van der Waals surface area (Å²) in [7, 11) is -5.12. The second kappa shape index (κ2) is 32.1. The molecule has 0 fully saturated rings. The van der Waals surface area contributed by atoms with Gasteiger partial charge in [-0.3, -0.25) is 9.35 Å². The van der Waals surface area contributed by atoms with Crippen LogP contribution in [0.3, 0.4) is 0 Å². The van der Waals surface area contributed by atoms with Crippen molar-refractivity contribution in [2.24, 2.45) is 10.6 Å². The Kier molecular flexibility index (Phi) is 34.8. The normalized spacial score (nSPS) is 12.0. The van der Waals surface area contributed by atoms with Crippen LogP contribution in [0.25, 0.3) is 0 Å². The van der Waals surface area contributed by atoms with Gasteiger partial charge in [-0.1, -0.05) is 166 Å². The fraction of sp³-hybridized carbons (Fsp3) is 0.879. The van der Waals surface area contributed by atoms with Crippen LogP contribution in [0.15, 0.2) is 17.8 Å². The first kappa shape index (κ1) is 47.6. The number of rotatable bonds is 30. The van der Waals surface area contributed by atoms with Gasteiger partial charge in [-0.25, -0.2) is 0 Å². The van der Waals surface area contributed by atoms with Gasteiger partial charge in [-0.15, -0.1) is 6.58 Å². The number of hydrogen-bond donors (Lipinski definition) is 2. The molecule has 0 amide bonds. The van der Waals surface area contributed by atoms with Crippen LogP contribution >= 0.6 is 0 Å². The molecule has 0 aromatic carbocycles. The van der Waals surface area contributed by atoms with Gasteiger partial charge in [-0.05, 0) is 12.8 Å². The predicted molar refractivity (Wildman–Crippen MR) is 173 cm³/mol. The predicted octanol–water partition coefficient (Wildman–Crippen LogP) is 5.41. The zero-order chi connectivity index (χ0) is 32.8. The Labute approximate surface area is 290 Å². The van der Waals surface area contributed by atoms with E-state index >= 15 is 0 Å². The Morgan fingerprint density at radius 1 is 0.727 bits per heavy atom. The number of carbonyl (C=O) groups excluding carboxylic acids is 1. The van der Waals surface area contributed by atoms with Crippen molar-refractivity contribution >= 4 is 22.1 Å². The minimum absolute atomic E-state index is 0. The minimum atomic E-state index is -5.12. The average molecular weight is 656 g/mol. The van der Waals surface area contributed by atoms with Crippen molar-refractivity contribution in [3.63, 3.8) is 0 Å². The van der Waals surface area contributed by atoms with E-state index in [1.807, 2.05) is 0 Å². The van der Waals surface area contributed by atoms with Crippen molar-refractivity contribution in [3.05, 3.63) is 17.6 Å². The molecule has 0 saturated heterocycles. The van der Waals surface area contributed by atoms with E-state index in [0.717, 1.165) is 38.5 Å². The SMILES string of the molecule is C=CCN=O.CCCCCCCCCCCCCC(CCCCCCCCCCCCC)(C(=O)[O-])C(C(=O)O)S(=O)(=O)O.[Na+]. The van der Waals surface area contributed by atoms with Crippen LogP contribution < -0.4 is 34.7 Å². The minimum Gasteiger partial charge on any atom is -0.549 e. The first-order valence-electron chi connectivity index (χ1n) is 16.9. The summed E-state index contributed by atoms with van der Waals surface area (Å²) in [4.78, 5) is 33.2. The van der Waals surface area contributed by atoms with E-state index in [0.29, 0.717) is 25.7 Å². The smallest absolute Gasteiger partial charge is 0.549 e. The van der Waals surface area contributed by atoms with E-state index in [4.69, 9.17) is 4.91 Å².